The fourth-order valence-electron chi connectivity index (χ4n) is 0.743. The highest BCUT2D eigenvalue weighted by atomic mass is 19.1. The van der Waals surface area contributed by atoms with E-state index in [9.17, 15) is 9.18 Å². The Kier molecular flexibility index (Phi) is 2.83. The molecule has 0 atom stereocenters. The Morgan fingerprint density at radius 2 is 2.23 bits per heavy atom. The molecule has 0 aliphatic rings. The lowest BCUT2D eigenvalue weighted by Crippen LogP contribution is -2.06. The predicted octanol–water partition coefficient (Wildman–Crippen LogP) is 2.67. The van der Waals surface area contributed by atoms with Gasteiger partial charge in [0.2, 0.25) is 0 Å². The molecule has 2 amide bonds. The first-order valence-electron chi connectivity index (χ1n) is 3.34. The molecular weight excluding hydrogens is 175 g/mol. The van der Waals surface area contributed by atoms with E-state index in [1.54, 1.807) is 6.07 Å². The highest BCUT2D eigenvalue weighted by molar-refractivity contribution is 5.89. The minimum Gasteiger partial charge on any atom is -0.318 e. The van der Waals surface area contributed by atoms with Crippen LogP contribution >= 0.6 is 0 Å². The Morgan fingerprint density at radius 1 is 1.54 bits per heavy atom. The Morgan fingerprint density at radius 3 is 2.85 bits per heavy atom. The van der Waals surface area contributed by atoms with E-state index in [0.29, 0.717) is 0 Å². The summed E-state index contributed by atoms with van der Waals surface area (Å²) >= 11 is 0. The number of hydrogen-bond donors (Lipinski definition) is 1. The molecule has 66 valence electrons. The fraction of sp³-hybridized carbons (Fsp3) is 0. The molecule has 6 heteroatoms. The number of azide groups is 1. The van der Waals surface area contributed by atoms with Crippen LogP contribution < -0.4 is 5.32 Å². The van der Waals surface area contributed by atoms with E-state index in [1.807, 2.05) is 0 Å². The molecule has 1 rings (SSSR count). The van der Waals surface area contributed by atoms with Crippen LogP contribution in [0.1, 0.15) is 0 Å². The monoisotopic (exact) mass is 180 g/mol. The van der Waals surface area contributed by atoms with Crippen LogP contribution in [-0.4, -0.2) is 6.03 Å². The molecule has 5 nitrogen and oxygen atoms in total. The summed E-state index contributed by atoms with van der Waals surface area (Å²) in [5.41, 5.74) is 7.87. The van der Waals surface area contributed by atoms with Gasteiger partial charge in [0.15, 0.2) is 0 Å². The summed E-state index contributed by atoms with van der Waals surface area (Å²) in [6.07, 6.45) is 0. The van der Waals surface area contributed by atoms with E-state index in [2.05, 4.69) is 15.3 Å². The van der Waals surface area contributed by atoms with Crippen molar-refractivity contribution in [2.45, 2.75) is 0 Å². The number of amides is 2. The van der Waals surface area contributed by atoms with Gasteiger partial charge >= 0.3 is 6.03 Å². The third kappa shape index (κ3) is 2.46. The summed E-state index contributed by atoms with van der Waals surface area (Å²) in [6, 6.07) is 4.65. The molecule has 0 saturated carbocycles. The number of nitrogens with one attached hydrogen (secondary N) is 1. The van der Waals surface area contributed by atoms with Crippen LogP contribution in [0.4, 0.5) is 14.9 Å². The van der Waals surface area contributed by atoms with Crippen molar-refractivity contribution >= 4 is 11.7 Å². The van der Waals surface area contributed by atoms with Crippen LogP contribution in [0.25, 0.3) is 10.4 Å². The summed E-state index contributed by atoms with van der Waals surface area (Å²) in [6.45, 7) is 0. The molecule has 0 heterocycles. The zero-order valence-electron chi connectivity index (χ0n) is 6.44. The molecule has 0 aliphatic heterocycles. The zero-order valence-corrected chi connectivity index (χ0v) is 6.44. The van der Waals surface area contributed by atoms with Crippen molar-refractivity contribution < 1.29 is 9.18 Å². The standard InChI is InChI=1S/C7H5FN4O/c8-5-3-1-2-4-6(5)10-7(13)11-12-9/h1-4H,(H,10,13). The number of para-hydroxylation sites is 1. The Hall–Kier alpha value is -2.07. The smallest absolute Gasteiger partial charge is 0.312 e. The van der Waals surface area contributed by atoms with Gasteiger partial charge in [-0.3, -0.25) is 4.79 Å². The number of anilines is 1. The van der Waals surface area contributed by atoms with E-state index in [4.69, 9.17) is 5.53 Å². The summed E-state index contributed by atoms with van der Waals surface area (Å²) in [5.74, 6) is -0.580. The number of hydrogen-bond acceptors (Lipinski definition) is 1. The Balaban J connectivity index is 2.80. The Bertz CT molecular complexity index is 373. The lowest BCUT2D eigenvalue weighted by atomic mass is 10.3. The second kappa shape index (κ2) is 4.08. The SMILES string of the molecule is [N-]=[N+]=NC(=O)Nc1ccccc1F. The van der Waals surface area contributed by atoms with E-state index >= 15 is 0 Å². The number of rotatable bonds is 1. The van der Waals surface area contributed by atoms with Crippen LogP contribution in [0.5, 0.6) is 0 Å². The van der Waals surface area contributed by atoms with E-state index in [0.717, 1.165) is 0 Å². The molecule has 0 aromatic heterocycles. The normalized spacial score (nSPS) is 8.69. The van der Waals surface area contributed by atoms with Crippen molar-refractivity contribution in [2.24, 2.45) is 5.11 Å². The minimum absolute atomic E-state index is 0.0140. The second-order valence-electron chi connectivity index (χ2n) is 2.10. The molecule has 0 saturated heterocycles. The zero-order chi connectivity index (χ0) is 9.68. The number of carbonyl (C=O) groups excluding carboxylic acids is 1. The maximum atomic E-state index is 12.8. The van der Waals surface area contributed by atoms with Gasteiger partial charge in [-0.2, -0.15) is 0 Å². The summed E-state index contributed by atoms with van der Waals surface area (Å²) in [7, 11) is 0. The molecule has 0 radical (unpaired) electrons. The van der Waals surface area contributed by atoms with Crippen molar-refractivity contribution in [1.29, 1.82) is 0 Å². The molecule has 0 bridgehead atoms. The van der Waals surface area contributed by atoms with Gasteiger partial charge in [-0.1, -0.05) is 12.1 Å². The first-order valence-corrected chi connectivity index (χ1v) is 3.34. The number of nitrogens with zero attached hydrogens (tertiary/aromatic N) is 3. The van der Waals surface area contributed by atoms with E-state index in [-0.39, 0.29) is 5.69 Å². The van der Waals surface area contributed by atoms with Crippen molar-refractivity contribution in [2.75, 3.05) is 5.32 Å². The van der Waals surface area contributed by atoms with Crippen LogP contribution in [-0.2, 0) is 0 Å². The minimum atomic E-state index is -0.937. The maximum absolute atomic E-state index is 12.8. The first kappa shape index (κ1) is 9.02. The van der Waals surface area contributed by atoms with Gasteiger partial charge in [0.25, 0.3) is 0 Å². The molecule has 0 aliphatic carbocycles. The number of benzene rings is 1. The van der Waals surface area contributed by atoms with E-state index in [1.165, 1.54) is 18.2 Å². The van der Waals surface area contributed by atoms with Crippen LogP contribution in [0.2, 0.25) is 0 Å². The fourth-order valence-corrected chi connectivity index (χ4v) is 0.743. The maximum Gasteiger partial charge on any atom is 0.312 e. The molecule has 0 spiro atoms. The molecule has 0 fully saturated rings. The average molecular weight is 180 g/mol. The quantitative estimate of drug-likeness (QED) is 0.402. The van der Waals surface area contributed by atoms with E-state index < -0.39 is 11.8 Å². The third-order valence-electron chi connectivity index (χ3n) is 1.25. The molecule has 1 N–H and O–H groups in total. The topological polar surface area (TPSA) is 77.9 Å². The molecule has 13 heavy (non-hydrogen) atoms. The Labute approximate surface area is 72.8 Å². The highest BCUT2D eigenvalue weighted by Crippen LogP contribution is 2.12. The highest BCUT2D eigenvalue weighted by Gasteiger charge is 2.02. The van der Waals surface area contributed by atoms with Crippen molar-refractivity contribution in [3.8, 4) is 0 Å². The number of urea groups is 1. The van der Waals surface area contributed by atoms with Crippen molar-refractivity contribution in [1.82, 2.24) is 0 Å². The van der Waals surface area contributed by atoms with Gasteiger partial charge in [-0.25, -0.2) is 4.39 Å². The molecular formula is C7H5FN4O. The van der Waals surface area contributed by atoms with Gasteiger partial charge < -0.3 is 5.32 Å². The van der Waals surface area contributed by atoms with Crippen LogP contribution in [0.3, 0.4) is 0 Å². The van der Waals surface area contributed by atoms with Crippen molar-refractivity contribution in [3.05, 3.63) is 40.5 Å². The lowest BCUT2D eigenvalue weighted by molar-refractivity contribution is 0.259. The number of carbonyl (C=O) groups is 1. The summed E-state index contributed by atoms with van der Waals surface area (Å²) < 4.78 is 12.8. The second-order valence-corrected chi connectivity index (χ2v) is 2.10. The lowest BCUT2D eigenvalue weighted by Gasteiger charge is -2.00. The molecule has 1 aromatic carbocycles. The van der Waals surface area contributed by atoms with Gasteiger partial charge in [0.05, 0.1) is 5.69 Å². The van der Waals surface area contributed by atoms with Crippen LogP contribution in [0.15, 0.2) is 29.4 Å². The largest absolute Gasteiger partial charge is 0.318 e. The predicted molar refractivity (Wildman–Crippen MR) is 44.6 cm³/mol. The molecule has 1 aromatic rings. The van der Waals surface area contributed by atoms with Gasteiger partial charge in [-0.05, 0) is 17.7 Å². The number of halogens is 1. The summed E-state index contributed by atoms with van der Waals surface area (Å²) in [5, 5.41) is 4.80. The van der Waals surface area contributed by atoms with Gasteiger partial charge in [0, 0.05) is 10.0 Å². The average Bonchev–Trinajstić information content (AvgIpc) is 2.09. The summed E-state index contributed by atoms with van der Waals surface area (Å²) in [4.78, 5) is 12.9. The first-order chi connectivity index (χ1) is 6.24. The van der Waals surface area contributed by atoms with Crippen molar-refractivity contribution in [3.63, 3.8) is 0 Å². The molecule has 0 unspecified atom stereocenters. The van der Waals surface area contributed by atoms with Crippen LogP contribution in [0, 0.1) is 5.82 Å². The third-order valence-corrected chi connectivity index (χ3v) is 1.25. The van der Waals surface area contributed by atoms with Gasteiger partial charge in [-0.15, -0.1) is 0 Å². The van der Waals surface area contributed by atoms with Gasteiger partial charge in [0.1, 0.15) is 5.82 Å².